The van der Waals surface area contributed by atoms with Gasteiger partial charge in [0.15, 0.2) is 5.69 Å². The average Bonchev–Trinajstić information content (AvgIpc) is 2.66. The fraction of sp³-hybridized carbons (Fsp3) is 0.692. The highest BCUT2D eigenvalue weighted by Crippen LogP contribution is 2.17. The average molecular weight is 267 g/mol. The minimum Gasteiger partial charge on any atom is -0.395 e. The van der Waals surface area contributed by atoms with E-state index in [-0.39, 0.29) is 17.0 Å². The maximum atomic E-state index is 12.0. The third-order valence-corrected chi connectivity index (χ3v) is 2.92. The molecule has 0 unspecified atom stereocenters. The molecule has 0 spiro atoms. The first kappa shape index (κ1) is 15.5. The summed E-state index contributed by atoms with van der Waals surface area (Å²) in [6.45, 7) is 7.66. The topological polar surface area (TPSA) is 87.0 Å². The van der Waals surface area contributed by atoms with Crippen molar-refractivity contribution in [3.05, 3.63) is 11.4 Å². The summed E-state index contributed by atoms with van der Waals surface area (Å²) < 4.78 is 0. The number of hydrogen-bond donors (Lipinski definition) is 3. The number of nitrogens with zero attached hydrogens (tertiary/aromatic N) is 2. The van der Waals surface area contributed by atoms with Gasteiger partial charge in [-0.1, -0.05) is 20.8 Å². The van der Waals surface area contributed by atoms with E-state index < -0.39 is 0 Å². The molecule has 108 valence electrons. The first-order valence-corrected chi connectivity index (χ1v) is 6.52. The van der Waals surface area contributed by atoms with Crippen molar-refractivity contribution in [1.29, 1.82) is 0 Å². The van der Waals surface area contributed by atoms with Gasteiger partial charge in [0.1, 0.15) is 0 Å². The number of nitrogen functional groups attached to an aromatic ring is 1. The molecule has 0 saturated carbocycles. The summed E-state index contributed by atoms with van der Waals surface area (Å²) in [7, 11) is 4.03. The number of aromatic amines is 1. The molecule has 0 aliphatic heterocycles. The molecule has 0 radical (unpaired) electrons. The summed E-state index contributed by atoms with van der Waals surface area (Å²) >= 11 is 0. The van der Waals surface area contributed by atoms with Gasteiger partial charge in [0.05, 0.1) is 11.4 Å². The van der Waals surface area contributed by atoms with Gasteiger partial charge in [-0.15, -0.1) is 0 Å². The van der Waals surface area contributed by atoms with E-state index in [1.165, 1.54) is 0 Å². The predicted octanol–water partition coefficient (Wildman–Crippen LogP) is 0.872. The van der Waals surface area contributed by atoms with Crippen molar-refractivity contribution in [2.75, 3.05) is 32.9 Å². The highest BCUT2D eigenvalue weighted by molar-refractivity contribution is 5.97. The van der Waals surface area contributed by atoms with Crippen LogP contribution >= 0.6 is 0 Å². The number of carbonyl (C=O) groups excluding carboxylic acids is 1. The van der Waals surface area contributed by atoms with E-state index in [2.05, 4.69) is 34.3 Å². The molecule has 0 fully saturated rings. The fourth-order valence-electron chi connectivity index (χ4n) is 2.14. The summed E-state index contributed by atoms with van der Waals surface area (Å²) in [5, 5.41) is 9.66. The summed E-state index contributed by atoms with van der Waals surface area (Å²) in [5.41, 5.74) is 7.41. The summed E-state index contributed by atoms with van der Waals surface area (Å²) in [4.78, 5) is 14.1. The summed E-state index contributed by atoms with van der Waals surface area (Å²) in [6, 6.07) is 0. The normalized spacial score (nSPS) is 11.9. The molecule has 1 aromatic heterocycles. The number of anilines is 1. The zero-order chi connectivity index (χ0) is 14.6. The Balaban J connectivity index is 2.63. The summed E-state index contributed by atoms with van der Waals surface area (Å²) in [5.74, 6) is -0.222. The second kappa shape index (κ2) is 6.06. The Morgan fingerprint density at radius 3 is 2.58 bits per heavy atom. The van der Waals surface area contributed by atoms with Gasteiger partial charge in [0, 0.05) is 13.1 Å². The van der Waals surface area contributed by atoms with E-state index in [9.17, 15) is 4.79 Å². The van der Waals surface area contributed by atoms with E-state index in [0.29, 0.717) is 12.2 Å². The van der Waals surface area contributed by atoms with Crippen molar-refractivity contribution >= 4 is 11.6 Å². The van der Waals surface area contributed by atoms with Gasteiger partial charge in [0.2, 0.25) is 0 Å². The van der Waals surface area contributed by atoms with Gasteiger partial charge in [-0.3, -0.25) is 9.89 Å². The molecule has 0 aliphatic carbocycles. The number of aryl methyl sites for hydroxylation is 1. The van der Waals surface area contributed by atoms with Crippen molar-refractivity contribution in [3.63, 3.8) is 0 Å². The van der Waals surface area contributed by atoms with Crippen LogP contribution in [0.15, 0.2) is 0 Å². The van der Waals surface area contributed by atoms with Crippen molar-refractivity contribution in [2.45, 2.75) is 27.2 Å². The van der Waals surface area contributed by atoms with Gasteiger partial charge in [-0.05, 0) is 25.9 Å². The molecule has 0 saturated heterocycles. The van der Waals surface area contributed by atoms with Crippen molar-refractivity contribution < 1.29 is 4.79 Å². The molecular formula is C13H25N5O. The van der Waals surface area contributed by atoms with Crippen molar-refractivity contribution in [2.24, 2.45) is 5.41 Å². The Bertz CT molecular complexity index is 436. The van der Waals surface area contributed by atoms with Crippen LogP contribution in [0.4, 0.5) is 5.69 Å². The smallest absolute Gasteiger partial charge is 0.273 e. The lowest BCUT2D eigenvalue weighted by Crippen LogP contribution is -2.40. The van der Waals surface area contributed by atoms with Gasteiger partial charge in [-0.25, -0.2) is 0 Å². The standard InChI is InChI=1S/C13H25N5O/c1-6-9-10(14)11(17-16-9)12(19)15-7-13(2,3)8-18(4)5/h6-8,14H2,1-5H3,(H,15,19)(H,16,17). The predicted molar refractivity (Wildman–Crippen MR) is 77.0 cm³/mol. The van der Waals surface area contributed by atoms with Crippen LogP contribution in [0.1, 0.15) is 37.0 Å². The first-order chi connectivity index (χ1) is 8.76. The molecule has 1 rings (SSSR count). The second-order valence-corrected chi connectivity index (χ2v) is 5.90. The van der Waals surface area contributed by atoms with E-state index in [4.69, 9.17) is 5.73 Å². The first-order valence-electron chi connectivity index (χ1n) is 6.52. The van der Waals surface area contributed by atoms with Crippen LogP contribution in [0.3, 0.4) is 0 Å². The largest absolute Gasteiger partial charge is 0.395 e. The maximum Gasteiger partial charge on any atom is 0.273 e. The number of rotatable bonds is 6. The Morgan fingerprint density at radius 2 is 2.11 bits per heavy atom. The third kappa shape index (κ3) is 4.24. The fourth-order valence-corrected chi connectivity index (χ4v) is 2.14. The molecule has 0 aliphatic rings. The Morgan fingerprint density at radius 1 is 1.47 bits per heavy atom. The number of nitrogens with two attached hydrogens (primary N) is 1. The van der Waals surface area contributed by atoms with Crippen LogP contribution in [0, 0.1) is 5.41 Å². The van der Waals surface area contributed by atoms with E-state index >= 15 is 0 Å². The van der Waals surface area contributed by atoms with Crippen molar-refractivity contribution in [3.8, 4) is 0 Å². The molecule has 4 N–H and O–H groups in total. The third-order valence-electron chi connectivity index (χ3n) is 2.92. The summed E-state index contributed by atoms with van der Waals surface area (Å²) in [6.07, 6.45) is 0.734. The molecule has 0 aromatic carbocycles. The molecule has 1 aromatic rings. The number of nitrogens with one attached hydrogen (secondary N) is 2. The molecule has 1 heterocycles. The molecule has 19 heavy (non-hydrogen) atoms. The SMILES string of the molecule is CCc1[nH]nc(C(=O)NCC(C)(C)CN(C)C)c1N. The van der Waals surface area contributed by atoms with E-state index in [1.807, 2.05) is 21.0 Å². The van der Waals surface area contributed by atoms with Crippen LogP contribution in [-0.4, -0.2) is 48.2 Å². The van der Waals surface area contributed by atoms with Crippen LogP contribution in [0.5, 0.6) is 0 Å². The van der Waals surface area contributed by atoms with Crippen molar-refractivity contribution in [1.82, 2.24) is 20.4 Å². The van der Waals surface area contributed by atoms with Crippen LogP contribution in [0.25, 0.3) is 0 Å². The number of hydrogen-bond acceptors (Lipinski definition) is 4. The lowest BCUT2D eigenvalue weighted by Gasteiger charge is -2.28. The zero-order valence-electron chi connectivity index (χ0n) is 12.5. The highest BCUT2D eigenvalue weighted by atomic mass is 16.1. The van der Waals surface area contributed by atoms with Gasteiger partial charge < -0.3 is 16.0 Å². The van der Waals surface area contributed by atoms with Gasteiger partial charge >= 0.3 is 0 Å². The molecule has 6 nitrogen and oxygen atoms in total. The molecule has 0 bridgehead atoms. The molecular weight excluding hydrogens is 242 g/mol. The minimum atomic E-state index is -0.222. The lowest BCUT2D eigenvalue weighted by molar-refractivity contribution is 0.0925. The van der Waals surface area contributed by atoms with Crippen LogP contribution < -0.4 is 11.1 Å². The second-order valence-electron chi connectivity index (χ2n) is 5.90. The molecule has 0 atom stereocenters. The maximum absolute atomic E-state index is 12.0. The highest BCUT2D eigenvalue weighted by Gasteiger charge is 2.22. The van der Waals surface area contributed by atoms with Crippen LogP contribution in [-0.2, 0) is 6.42 Å². The molecule has 1 amide bonds. The Hall–Kier alpha value is -1.56. The number of aromatic nitrogens is 2. The van der Waals surface area contributed by atoms with Gasteiger partial charge in [0.25, 0.3) is 5.91 Å². The quantitative estimate of drug-likeness (QED) is 0.714. The van der Waals surface area contributed by atoms with Gasteiger partial charge in [-0.2, -0.15) is 5.10 Å². The number of carbonyl (C=O) groups is 1. The van der Waals surface area contributed by atoms with E-state index in [1.54, 1.807) is 0 Å². The number of H-pyrrole nitrogens is 1. The zero-order valence-corrected chi connectivity index (χ0v) is 12.5. The Labute approximate surface area is 114 Å². The number of amides is 1. The van der Waals surface area contributed by atoms with E-state index in [0.717, 1.165) is 18.7 Å². The minimum absolute atomic E-state index is 0.00217. The Kier molecular flexibility index (Phi) is 4.94. The lowest BCUT2D eigenvalue weighted by atomic mass is 9.93. The monoisotopic (exact) mass is 267 g/mol. The molecule has 6 heteroatoms. The van der Waals surface area contributed by atoms with Crippen LogP contribution in [0.2, 0.25) is 0 Å².